The van der Waals surface area contributed by atoms with Crippen molar-refractivity contribution in [1.29, 1.82) is 0 Å². The van der Waals surface area contributed by atoms with E-state index in [1.54, 1.807) is 6.92 Å². The molecule has 2 aromatic rings. The van der Waals surface area contributed by atoms with Crippen molar-refractivity contribution in [3.05, 3.63) is 71.8 Å². The largest absolute Gasteiger partial charge is 0.455 e. The minimum absolute atomic E-state index is 0.320. The number of amides is 1. The van der Waals surface area contributed by atoms with E-state index < -0.39 is 21.6 Å². The molecule has 6 heteroatoms. The molecule has 0 aliphatic heterocycles. The summed E-state index contributed by atoms with van der Waals surface area (Å²) in [4.78, 5) is 24.5. The monoisotopic (exact) mass is 391 g/mol. The van der Waals surface area contributed by atoms with Crippen LogP contribution in [0.2, 0.25) is 0 Å². The first kappa shape index (κ1) is 18.7. The number of nitrogens with one attached hydrogen (secondary N) is 1. The van der Waals surface area contributed by atoms with Crippen LogP contribution in [-0.2, 0) is 14.3 Å². The average molecular weight is 392 g/mol. The van der Waals surface area contributed by atoms with Gasteiger partial charge in [0.05, 0.1) is 6.04 Å². The van der Waals surface area contributed by atoms with Gasteiger partial charge in [-0.05, 0) is 18.1 Å². The summed E-state index contributed by atoms with van der Waals surface area (Å²) >= 11 is 11.9. The summed E-state index contributed by atoms with van der Waals surface area (Å²) in [6.45, 7) is 1.25. The van der Waals surface area contributed by atoms with Crippen molar-refractivity contribution in [2.24, 2.45) is 5.41 Å². The van der Waals surface area contributed by atoms with Crippen molar-refractivity contribution in [3.8, 4) is 0 Å². The van der Waals surface area contributed by atoms with E-state index in [2.05, 4.69) is 5.32 Å². The van der Waals surface area contributed by atoms with Crippen molar-refractivity contribution in [3.63, 3.8) is 0 Å². The smallest absolute Gasteiger partial charge is 0.315 e. The van der Waals surface area contributed by atoms with E-state index in [1.807, 2.05) is 60.7 Å². The van der Waals surface area contributed by atoms with Crippen LogP contribution in [0.4, 0.5) is 0 Å². The molecule has 136 valence electrons. The van der Waals surface area contributed by atoms with Gasteiger partial charge >= 0.3 is 5.97 Å². The Morgan fingerprint density at radius 1 is 1.04 bits per heavy atom. The van der Waals surface area contributed by atoms with E-state index in [0.717, 1.165) is 11.1 Å². The number of hydrogen-bond acceptors (Lipinski definition) is 3. The lowest BCUT2D eigenvalue weighted by atomic mass is 9.99. The zero-order chi connectivity index (χ0) is 18.8. The molecule has 0 aromatic heterocycles. The fourth-order valence-electron chi connectivity index (χ4n) is 2.76. The molecule has 1 amide bonds. The molecule has 1 aliphatic rings. The Labute approximate surface area is 162 Å². The van der Waals surface area contributed by atoms with E-state index in [-0.39, 0.29) is 12.6 Å². The van der Waals surface area contributed by atoms with Crippen molar-refractivity contribution in [1.82, 2.24) is 5.32 Å². The molecule has 0 radical (unpaired) electrons. The van der Waals surface area contributed by atoms with Gasteiger partial charge in [0.25, 0.3) is 5.91 Å². The molecule has 0 saturated heterocycles. The minimum Gasteiger partial charge on any atom is -0.455 e. The van der Waals surface area contributed by atoms with Crippen molar-refractivity contribution in [2.45, 2.75) is 23.7 Å². The molecule has 1 fully saturated rings. The minimum atomic E-state index is -1.11. The molecule has 0 spiro atoms. The van der Waals surface area contributed by atoms with Gasteiger partial charge in [0.1, 0.15) is 9.75 Å². The highest BCUT2D eigenvalue weighted by Gasteiger charge is 2.69. The first-order valence-electron chi connectivity index (χ1n) is 8.28. The van der Waals surface area contributed by atoms with E-state index in [0.29, 0.717) is 6.42 Å². The fraction of sp³-hybridized carbons (Fsp3) is 0.300. The Hall–Kier alpha value is -2.04. The molecule has 1 atom stereocenters. The fourth-order valence-corrected chi connectivity index (χ4v) is 3.45. The van der Waals surface area contributed by atoms with Crippen LogP contribution in [0.5, 0.6) is 0 Å². The third-order valence-corrected chi connectivity index (χ3v) is 5.72. The predicted molar refractivity (Wildman–Crippen MR) is 101 cm³/mol. The topological polar surface area (TPSA) is 55.4 Å². The normalized spacial score (nSPS) is 20.5. The van der Waals surface area contributed by atoms with Crippen LogP contribution in [0.1, 0.15) is 30.5 Å². The summed E-state index contributed by atoms with van der Waals surface area (Å²) in [6.07, 6.45) is 0.320. The molecule has 26 heavy (non-hydrogen) atoms. The van der Waals surface area contributed by atoms with Gasteiger partial charge in [-0.1, -0.05) is 60.7 Å². The number of ether oxygens (including phenoxy) is 1. The second-order valence-electron chi connectivity index (χ2n) is 6.61. The molecule has 0 heterocycles. The second-order valence-corrected chi connectivity index (χ2v) is 8.10. The number of hydrogen-bond donors (Lipinski definition) is 1. The quantitative estimate of drug-likeness (QED) is 0.597. The molecule has 0 unspecified atom stereocenters. The summed E-state index contributed by atoms with van der Waals surface area (Å²) in [7, 11) is 0. The lowest BCUT2D eigenvalue weighted by molar-refractivity contribution is -0.153. The summed E-state index contributed by atoms with van der Waals surface area (Å²) in [6, 6.07) is 18.9. The van der Waals surface area contributed by atoms with Gasteiger partial charge in [0.15, 0.2) is 6.61 Å². The zero-order valence-corrected chi connectivity index (χ0v) is 15.8. The Morgan fingerprint density at radius 2 is 1.50 bits per heavy atom. The van der Waals surface area contributed by atoms with Gasteiger partial charge in [-0.3, -0.25) is 9.59 Å². The van der Waals surface area contributed by atoms with E-state index >= 15 is 0 Å². The number of carbonyl (C=O) groups excluding carboxylic acids is 2. The van der Waals surface area contributed by atoms with E-state index in [9.17, 15) is 9.59 Å². The Kier molecular flexibility index (Phi) is 5.26. The van der Waals surface area contributed by atoms with Crippen LogP contribution in [0.25, 0.3) is 0 Å². The maximum Gasteiger partial charge on any atom is 0.315 e. The number of alkyl halides is 2. The summed E-state index contributed by atoms with van der Waals surface area (Å²) in [5.41, 5.74) is 0.926. The van der Waals surface area contributed by atoms with Crippen LogP contribution in [0.15, 0.2) is 60.7 Å². The molecule has 2 aromatic carbocycles. The lowest BCUT2D eigenvalue weighted by Gasteiger charge is -2.20. The third-order valence-electron chi connectivity index (χ3n) is 4.61. The Morgan fingerprint density at radius 3 is 1.92 bits per heavy atom. The molecule has 3 rings (SSSR count). The van der Waals surface area contributed by atoms with Crippen LogP contribution in [0.3, 0.4) is 0 Å². The molecule has 1 N–H and O–H groups in total. The van der Waals surface area contributed by atoms with Gasteiger partial charge in [-0.15, -0.1) is 23.2 Å². The summed E-state index contributed by atoms with van der Waals surface area (Å²) < 4.78 is 4.01. The van der Waals surface area contributed by atoms with Crippen molar-refractivity contribution < 1.29 is 14.3 Å². The highest BCUT2D eigenvalue weighted by Crippen LogP contribution is 2.64. The Balaban J connectivity index is 1.66. The third kappa shape index (κ3) is 3.87. The molecule has 1 saturated carbocycles. The molecule has 0 bridgehead atoms. The summed E-state index contributed by atoms with van der Waals surface area (Å²) in [5, 5.41) is 2.92. The standard InChI is InChI=1S/C20H19Cl2NO3/c1-19(13-20(19,21)22)18(25)26-12-16(24)23-17(14-8-4-2-5-9-14)15-10-6-3-7-11-15/h2-11,17H,12-13H2,1H3,(H,23,24)/t19-/m1/s1. The molecule has 1 aliphatic carbocycles. The average Bonchev–Trinajstić information content (AvgIpc) is 3.18. The first-order valence-corrected chi connectivity index (χ1v) is 9.03. The molecule has 4 nitrogen and oxygen atoms in total. The predicted octanol–water partition coefficient (Wildman–Crippen LogP) is 4.02. The number of carbonyl (C=O) groups is 2. The van der Waals surface area contributed by atoms with Gasteiger partial charge in [0.2, 0.25) is 0 Å². The summed E-state index contributed by atoms with van der Waals surface area (Å²) in [5.74, 6) is -0.955. The van der Waals surface area contributed by atoms with Gasteiger partial charge in [-0.2, -0.15) is 0 Å². The second kappa shape index (κ2) is 7.29. The maximum atomic E-state index is 12.4. The highest BCUT2D eigenvalue weighted by molar-refractivity contribution is 6.53. The zero-order valence-electron chi connectivity index (χ0n) is 14.2. The van der Waals surface area contributed by atoms with E-state index in [4.69, 9.17) is 27.9 Å². The number of esters is 1. The van der Waals surface area contributed by atoms with Crippen LogP contribution < -0.4 is 5.32 Å². The number of rotatable bonds is 6. The van der Waals surface area contributed by atoms with Crippen LogP contribution >= 0.6 is 23.2 Å². The van der Waals surface area contributed by atoms with Crippen LogP contribution in [-0.4, -0.2) is 22.8 Å². The SMILES string of the molecule is C[C@]1(C(=O)OCC(=O)NC(c2ccccc2)c2ccccc2)CC1(Cl)Cl. The van der Waals surface area contributed by atoms with Gasteiger partial charge in [0, 0.05) is 6.42 Å². The van der Waals surface area contributed by atoms with Gasteiger partial charge in [-0.25, -0.2) is 0 Å². The maximum absolute atomic E-state index is 12.4. The molecular formula is C20H19Cl2NO3. The Bertz CT molecular complexity index is 756. The van der Waals surface area contributed by atoms with Crippen molar-refractivity contribution in [2.75, 3.05) is 6.61 Å². The highest BCUT2D eigenvalue weighted by atomic mass is 35.5. The van der Waals surface area contributed by atoms with Crippen molar-refractivity contribution >= 4 is 35.1 Å². The molecular weight excluding hydrogens is 373 g/mol. The number of benzene rings is 2. The van der Waals surface area contributed by atoms with Crippen LogP contribution in [0, 0.1) is 5.41 Å². The van der Waals surface area contributed by atoms with E-state index in [1.165, 1.54) is 0 Å². The van der Waals surface area contributed by atoms with Gasteiger partial charge < -0.3 is 10.1 Å². The number of halogens is 2. The lowest BCUT2D eigenvalue weighted by Crippen LogP contribution is -2.34. The first-order chi connectivity index (χ1) is 12.3.